The normalized spacial score (nSPS) is 16.9. The van der Waals surface area contributed by atoms with Gasteiger partial charge in [0.25, 0.3) is 0 Å². The Balaban J connectivity index is 2.41. The molecule has 0 radical (unpaired) electrons. The molecule has 5 heteroatoms. The van der Waals surface area contributed by atoms with Gasteiger partial charge >= 0.3 is 0 Å². The Bertz CT molecular complexity index is 751. The summed E-state index contributed by atoms with van der Waals surface area (Å²) in [6.07, 6.45) is 0.162. The van der Waals surface area contributed by atoms with Crippen LogP contribution in [0.15, 0.2) is 18.2 Å². The van der Waals surface area contributed by atoms with E-state index in [2.05, 4.69) is 0 Å². The topological polar surface area (TPSA) is 54.0 Å². The minimum Gasteiger partial charge on any atom is -0.497 e. The minimum atomic E-state index is -0.179. The molecule has 5 nitrogen and oxygen atoms in total. The lowest BCUT2D eigenvalue weighted by Crippen LogP contribution is -2.24. The first-order valence-corrected chi connectivity index (χ1v) is 7.05. The molecule has 1 aliphatic heterocycles. The first-order valence-electron chi connectivity index (χ1n) is 7.05. The fourth-order valence-corrected chi connectivity index (χ4v) is 2.85. The number of hydrogen-bond donors (Lipinski definition) is 0. The second-order valence-electron chi connectivity index (χ2n) is 5.27. The highest BCUT2D eigenvalue weighted by Gasteiger charge is 2.30. The molecule has 0 spiro atoms. The molecule has 116 valence electrons. The zero-order chi connectivity index (χ0) is 15.9. The largest absolute Gasteiger partial charge is 0.497 e. The zero-order valence-corrected chi connectivity index (χ0v) is 13.1. The van der Waals surface area contributed by atoms with Gasteiger partial charge in [0, 0.05) is 12.5 Å². The SMILES string of the molecule is COc1cc(OC)c2c3c(c(OC)cc2c1)C(=O)C[C@H](C)O3. The molecule has 0 aromatic heterocycles. The lowest BCUT2D eigenvalue weighted by molar-refractivity contribution is 0.0869. The summed E-state index contributed by atoms with van der Waals surface area (Å²) in [6.45, 7) is 1.88. The fourth-order valence-electron chi connectivity index (χ4n) is 2.85. The molecule has 22 heavy (non-hydrogen) atoms. The lowest BCUT2D eigenvalue weighted by atomic mass is 9.95. The third-order valence-electron chi connectivity index (χ3n) is 3.84. The predicted octanol–water partition coefficient (Wildman–Crippen LogP) is 3.22. The van der Waals surface area contributed by atoms with Crippen LogP contribution in [0.2, 0.25) is 0 Å². The van der Waals surface area contributed by atoms with Crippen molar-refractivity contribution < 1.29 is 23.7 Å². The number of ether oxygens (including phenoxy) is 4. The number of carbonyl (C=O) groups excluding carboxylic acids is 1. The van der Waals surface area contributed by atoms with Gasteiger partial charge in [0.15, 0.2) is 5.78 Å². The van der Waals surface area contributed by atoms with E-state index in [0.717, 1.165) is 10.8 Å². The number of benzene rings is 2. The monoisotopic (exact) mass is 302 g/mol. The third-order valence-corrected chi connectivity index (χ3v) is 3.84. The number of Topliss-reactive ketones (excluding diaryl/α,β-unsaturated/α-hetero) is 1. The van der Waals surface area contributed by atoms with E-state index < -0.39 is 0 Å². The van der Waals surface area contributed by atoms with Gasteiger partial charge in [-0.3, -0.25) is 4.79 Å². The predicted molar refractivity (Wildman–Crippen MR) is 82.6 cm³/mol. The molecule has 0 saturated carbocycles. The molecule has 0 unspecified atom stereocenters. The zero-order valence-electron chi connectivity index (χ0n) is 13.1. The summed E-state index contributed by atoms with van der Waals surface area (Å²) in [6, 6.07) is 5.46. The Morgan fingerprint density at radius 2 is 1.77 bits per heavy atom. The Morgan fingerprint density at radius 1 is 1.05 bits per heavy atom. The van der Waals surface area contributed by atoms with Crippen molar-refractivity contribution in [3.63, 3.8) is 0 Å². The number of ketones is 1. The summed E-state index contributed by atoms with van der Waals surface area (Å²) in [7, 11) is 4.72. The highest BCUT2D eigenvalue weighted by atomic mass is 16.5. The van der Waals surface area contributed by atoms with Gasteiger partial charge in [-0.25, -0.2) is 0 Å². The minimum absolute atomic E-state index is 0.0189. The molecule has 0 bridgehead atoms. The summed E-state index contributed by atoms with van der Waals surface area (Å²) >= 11 is 0. The molecule has 1 heterocycles. The van der Waals surface area contributed by atoms with Crippen LogP contribution in [0, 0.1) is 0 Å². The molecular formula is C17H18O5. The van der Waals surface area contributed by atoms with Gasteiger partial charge in [0.05, 0.1) is 26.7 Å². The lowest BCUT2D eigenvalue weighted by Gasteiger charge is -2.26. The van der Waals surface area contributed by atoms with Gasteiger partial charge in [-0.2, -0.15) is 0 Å². The van der Waals surface area contributed by atoms with E-state index >= 15 is 0 Å². The van der Waals surface area contributed by atoms with E-state index in [9.17, 15) is 4.79 Å². The summed E-state index contributed by atoms with van der Waals surface area (Å²) in [5.41, 5.74) is 0.483. The number of carbonyl (C=O) groups is 1. The Kier molecular flexibility index (Phi) is 3.56. The molecule has 0 amide bonds. The summed E-state index contributed by atoms with van der Waals surface area (Å²) < 4.78 is 22.1. The second kappa shape index (κ2) is 5.40. The van der Waals surface area contributed by atoms with Crippen molar-refractivity contribution in [2.24, 2.45) is 0 Å². The molecule has 0 saturated heterocycles. The van der Waals surface area contributed by atoms with E-state index in [0.29, 0.717) is 35.0 Å². The maximum Gasteiger partial charge on any atom is 0.174 e. The molecule has 0 N–H and O–H groups in total. The van der Waals surface area contributed by atoms with Crippen LogP contribution >= 0.6 is 0 Å². The molecule has 1 aliphatic rings. The molecular weight excluding hydrogens is 284 g/mol. The Morgan fingerprint density at radius 3 is 2.41 bits per heavy atom. The van der Waals surface area contributed by atoms with Crippen molar-refractivity contribution in [3.8, 4) is 23.0 Å². The maximum absolute atomic E-state index is 12.4. The molecule has 0 fully saturated rings. The van der Waals surface area contributed by atoms with E-state index in [1.54, 1.807) is 27.4 Å². The average molecular weight is 302 g/mol. The first kappa shape index (κ1) is 14.5. The van der Waals surface area contributed by atoms with Crippen LogP contribution in [0.25, 0.3) is 10.8 Å². The van der Waals surface area contributed by atoms with Crippen molar-refractivity contribution in [1.29, 1.82) is 0 Å². The van der Waals surface area contributed by atoms with Gasteiger partial charge in [-0.05, 0) is 24.4 Å². The number of rotatable bonds is 3. The van der Waals surface area contributed by atoms with Gasteiger partial charge in [-0.1, -0.05) is 0 Å². The van der Waals surface area contributed by atoms with Gasteiger partial charge in [-0.15, -0.1) is 0 Å². The van der Waals surface area contributed by atoms with Gasteiger partial charge < -0.3 is 18.9 Å². The highest BCUT2D eigenvalue weighted by molar-refractivity contribution is 6.10. The molecule has 2 aromatic carbocycles. The summed E-state index contributed by atoms with van der Waals surface area (Å²) in [4.78, 5) is 12.4. The second-order valence-corrected chi connectivity index (χ2v) is 5.27. The summed E-state index contributed by atoms with van der Waals surface area (Å²) in [5.74, 6) is 2.33. The van der Waals surface area contributed by atoms with Crippen LogP contribution in [-0.2, 0) is 0 Å². The molecule has 3 rings (SSSR count). The smallest absolute Gasteiger partial charge is 0.174 e. The quantitative estimate of drug-likeness (QED) is 0.871. The Labute approximate surface area is 128 Å². The van der Waals surface area contributed by atoms with Crippen LogP contribution in [0.3, 0.4) is 0 Å². The highest BCUT2D eigenvalue weighted by Crippen LogP contribution is 2.46. The first-order chi connectivity index (χ1) is 10.6. The number of fused-ring (bicyclic) bond motifs is 3. The van der Waals surface area contributed by atoms with E-state index in [1.807, 2.05) is 19.1 Å². The fraction of sp³-hybridized carbons (Fsp3) is 0.353. The number of hydrogen-bond acceptors (Lipinski definition) is 5. The van der Waals surface area contributed by atoms with Crippen molar-refractivity contribution in [2.75, 3.05) is 21.3 Å². The van der Waals surface area contributed by atoms with E-state index in [-0.39, 0.29) is 11.9 Å². The van der Waals surface area contributed by atoms with Crippen molar-refractivity contribution in [2.45, 2.75) is 19.4 Å². The third kappa shape index (κ3) is 2.13. The number of methoxy groups -OCH3 is 3. The molecule has 1 atom stereocenters. The summed E-state index contributed by atoms with van der Waals surface area (Å²) in [5, 5.41) is 1.60. The van der Waals surface area contributed by atoms with Crippen molar-refractivity contribution in [3.05, 3.63) is 23.8 Å². The van der Waals surface area contributed by atoms with Crippen molar-refractivity contribution >= 4 is 16.6 Å². The van der Waals surface area contributed by atoms with Crippen LogP contribution in [0.4, 0.5) is 0 Å². The molecule has 2 aromatic rings. The van der Waals surface area contributed by atoms with Crippen LogP contribution < -0.4 is 18.9 Å². The van der Waals surface area contributed by atoms with Crippen molar-refractivity contribution in [1.82, 2.24) is 0 Å². The molecule has 0 aliphatic carbocycles. The standard InChI is InChI=1S/C17H18O5/c1-9-5-12(18)16-13(20-3)7-10-6-11(19-2)8-14(21-4)15(10)17(16)22-9/h6-9H,5H2,1-4H3/t9-/m0/s1. The van der Waals surface area contributed by atoms with E-state index in [1.165, 1.54) is 0 Å². The van der Waals surface area contributed by atoms with Crippen LogP contribution in [0.5, 0.6) is 23.0 Å². The maximum atomic E-state index is 12.4. The van der Waals surface area contributed by atoms with Gasteiger partial charge in [0.1, 0.15) is 34.7 Å². The van der Waals surface area contributed by atoms with E-state index in [4.69, 9.17) is 18.9 Å². The van der Waals surface area contributed by atoms with Crippen LogP contribution in [0.1, 0.15) is 23.7 Å². The Hall–Kier alpha value is -2.43. The van der Waals surface area contributed by atoms with Gasteiger partial charge in [0.2, 0.25) is 0 Å². The van der Waals surface area contributed by atoms with Crippen LogP contribution in [-0.4, -0.2) is 33.2 Å². The average Bonchev–Trinajstić information content (AvgIpc) is 2.52.